The van der Waals surface area contributed by atoms with E-state index in [2.05, 4.69) is 9.72 Å². The lowest BCUT2D eigenvalue weighted by Gasteiger charge is -2.01. The number of alkyl halides is 2. The van der Waals surface area contributed by atoms with E-state index < -0.39 is 6.61 Å². The third-order valence-corrected chi connectivity index (χ3v) is 1.09. The van der Waals surface area contributed by atoms with Crippen molar-refractivity contribution in [3.63, 3.8) is 0 Å². The Hall–Kier alpha value is -1.19. The molecule has 0 unspecified atom stereocenters. The van der Waals surface area contributed by atoms with Crippen molar-refractivity contribution in [1.82, 2.24) is 4.98 Å². The van der Waals surface area contributed by atoms with E-state index in [4.69, 9.17) is 0 Å². The first kappa shape index (κ1) is 7.91. The molecule has 4 heteroatoms. The highest BCUT2D eigenvalue weighted by Crippen LogP contribution is 2.09. The Balaban J connectivity index is 2.66. The van der Waals surface area contributed by atoms with Gasteiger partial charge in [-0.3, -0.25) is 0 Å². The van der Waals surface area contributed by atoms with Gasteiger partial charge in [0.2, 0.25) is 5.88 Å². The zero-order valence-electron chi connectivity index (χ0n) is 5.92. The van der Waals surface area contributed by atoms with Crippen molar-refractivity contribution in [1.29, 1.82) is 0 Å². The minimum absolute atomic E-state index is 0.0504. The van der Waals surface area contributed by atoms with E-state index in [1.807, 2.05) is 6.92 Å². The summed E-state index contributed by atoms with van der Waals surface area (Å²) in [6.07, 6.45) is 1.47. The average molecular weight is 159 g/mol. The van der Waals surface area contributed by atoms with Crippen LogP contribution in [0.15, 0.2) is 18.3 Å². The highest BCUT2D eigenvalue weighted by Gasteiger charge is 2.03. The number of aryl methyl sites for hydroxylation is 1. The van der Waals surface area contributed by atoms with Crippen molar-refractivity contribution in [2.75, 3.05) is 0 Å². The van der Waals surface area contributed by atoms with Gasteiger partial charge in [-0.2, -0.15) is 8.78 Å². The van der Waals surface area contributed by atoms with Crippen molar-refractivity contribution >= 4 is 0 Å². The van der Waals surface area contributed by atoms with Gasteiger partial charge >= 0.3 is 6.61 Å². The van der Waals surface area contributed by atoms with Crippen molar-refractivity contribution < 1.29 is 13.5 Å². The van der Waals surface area contributed by atoms with Gasteiger partial charge in [-0.15, -0.1) is 0 Å². The summed E-state index contributed by atoms with van der Waals surface area (Å²) in [5, 5.41) is 0. The Bertz CT molecular complexity index is 222. The molecule has 2 nitrogen and oxygen atoms in total. The Morgan fingerprint density at radius 1 is 1.45 bits per heavy atom. The second kappa shape index (κ2) is 3.27. The fourth-order valence-corrected chi connectivity index (χ4v) is 0.615. The van der Waals surface area contributed by atoms with E-state index >= 15 is 0 Å². The van der Waals surface area contributed by atoms with Gasteiger partial charge in [0.15, 0.2) is 0 Å². The lowest BCUT2D eigenvalue weighted by molar-refractivity contribution is -0.0528. The fourth-order valence-electron chi connectivity index (χ4n) is 0.615. The van der Waals surface area contributed by atoms with Crippen LogP contribution in [0.25, 0.3) is 0 Å². The molecule has 0 saturated carbocycles. The molecule has 1 rings (SSSR count). The van der Waals surface area contributed by atoms with Gasteiger partial charge in [-0.25, -0.2) is 4.98 Å². The third kappa shape index (κ3) is 2.49. The van der Waals surface area contributed by atoms with Crippen LogP contribution in [-0.2, 0) is 0 Å². The number of hydrogen-bond donors (Lipinski definition) is 0. The summed E-state index contributed by atoms with van der Waals surface area (Å²) < 4.78 is 27.1. The van der Waals surface area contributed by atoms with Gasteiger partial charge in [0.25, 0.3) is 0 Å². The minimum Gasteiger partial charge on any atom is -0.417 e. The van der Waals surface area contributed by atoms with Crippen molar-refractivity contribution in [2.45, 2.75) is 13.5 Å². The molecule has 0 aliphatic rings. The first-order valence-electron chi connectivity index (χ1n) is 3.06. The molecule has 1 aromatic heterocycles. The van der Waals surface area contributed by atoms with Crippen LogP contribution < -0.4 is 4.74 Å². The maximum absolute atomic E-state index is 11.6. The first-order valence-corrected chi connectivity index (χ1v) is 3.06. The number of rotatable bonds is 2. The predicted molar refractivity (Wildman–Crippen MR) is 35.6 cm³/mol. The molecule has 0 saturated heterocycles. The molecule has 0 fully saturated rings. The van der Waals surface area contributed by atoms with Gasteiger partial charge in [0.1, 0.15) is 0 Å². The molecule has 0 spiro atoms. The summed E-state index contributed by atoms with van der Waals surface area (Å²) in [6.45, 7) is -0.982. The number of halogens is 2. The predicted octanol–water partition coefficient (Wildman–Crippen LogP) is 1.99. The summed E-state index contributed by atoms with van der Waals surface area (Å²) in [5.41, 5.74) is 0.909. The number of pyridine rings is 1. The van der Waals surface area contributed by atoms with Crippen LogP contribution in [0.2, 0.25) is 0 Å². The molecule has 0 N–H and O–H groups in total. The molecule has 1 heterocycles. The second-order valence-electron chi connectivity index (χ2n) is 2.05. The van der Waals surface area contributed by atoms with Crippen LogP contribution in [0.3, 0.4) is 0 Å². The average Bonchev–Trinajstić information content (AvgIpc) is 1.93. The summed E-state index contributed by atoms with van der Waals surface area (Å²) >= 11 is 0. The van der Waals surface area contributed by atoms with Crippen LogP contribution >= 0.6 is 0 Å². The maximum Gasteiger partial charge on any atom is 0.388 e. The lowest BCUT2D eigenvalue weighted by Crippen LogP contribution is -2.03. The lowest BCUT2D eigenvalue weighted by atomic mass is 10.3. The largest absolute Gasteiger partial charge is 0.417 e. The number of nitrogens with zero attached hydrogens (tertiary/aromatic N) is 1. The molecule has 0 amide bonds. The van der Waals surface area contributed by atoms with E-state index in [-0.39, 0.29) is 5.88 Å². The van der Waals surface area contributed by atoms with E-state index in [0.717, 1.165) is 5.56 Å². The van der Waals surface area contributed by atoms with Crippen LogP contribution in [0, 0.1) is 6.92 Å². The number of hydrogen-bond acceptors (Lipinski definition) is 2. The van der Waals surface area contributed by atoms with Crippen molar-refractivity contribution in [2.24, 2.45) is 0 Å². The van der Waals surface area contributed by atoms with Gasteiger partial charge < -0.3 is 4.74 Å². The maximum atomic E-state index is 11.6. The van der Waals surface area contributed by atoms with Gasteiger partial charge in [-0.05, 0) is 12.5 Å². The topological polar surface area (TPSA) is 22.1 Å². The van der Waals surface area contributed by atoms with Crippen LogP contribution in [0.5, 0.6) is 5.88 Å². The second-order valence-corrected chi connectivity index (χ2v) is 2.05. The molecule has 1 aromatic rings. The summed E-state index contributed by atoms with van der Waals surface area (Å²) in [4.78, 5) is 3.62. The molecule has 0 aliphatic carbocycles. The van der Waals surface area contributed by atoms with Gasteiger partial charge in [-0.1, -0.05) is 6.07 Å². The van der Waals surface area contributed by atoms with E-state index in [1.54, 1.807) is 6.07 Å². The first-order chi connectivity index (χ1) is 5.18. The number of aromatic nitrogens is 1. The van der Waals surface area contributed by atoms with Crippen molar-refractivity contribution in [3.05, 3.63) is 23.9 Å². The van der Waals surface area contributed by atoms with Gasteiger partial charge in [0, 0.05) is 12.3 Å². The highest BCUT2D eigenvalue weighted by molar-refractivity contribution is 5.16. The highest BCUT2D eigenvalue weighted by atomic mass is 19.3. The molecular formula is C7H7F2NO. The Morgan fingerprint density at radius 2 is 2.18 bits per heavy atom. The van der Waals surface area contributed by atoms with Gasteiger partial charge in [0.05, 0.1) is 0 Å². The van der Waals surface area contributed by atoms with Crippen LogP contribution in [0.4, 0.5) is 8.78 Å². The zero-order valence-corrected chi connectivity index (χ0v) is 5.92. The van der Waals surface area contributed by atoms with E-state index in [9.17, 15) is 8.78 Å². The molecule has 0 radical (unpaired) electrons. The smallest absolute Gasteiger partial charge is 0.388 e. The molecule has 11 heavy (non-hydrogen) atoms. The minimum atomic E-state index is -2.80. The number of ether oxygens (including phenoxy) is 1. The Kier molecular flexibility index (Phi) is 2.36. The fraction of sp³-hybridized carbons (Fsp3) is 0.286. The van der Waals surface area contributed by atoms with Crippen LogP contribution in [0.1, 0.15) is 5.56 Å². The van der Waals surface area contributed by atoms with Crippen molar-refractivity contribution in [3.8, 4) is 5.88 Å². The monoisotopic (exact) mass is 159 g/mol. The quantitative estimate of drug-likeness (QED) is 0.658. The van der Waals surface area contributed by atoms with E-state index in [1.165, 1.54) is 12.3 Å². The summed E-state index contributed by atoms with van der Waals surface area (Å²) in [6, 6.07) is 3.06. The zero-order chi connectivity index (χ0) is 8.27. The molecular weight excluding hydrogens is 152 g/mol. The molecule has 0 aliphatic heterocycles. The SMILES string of the molecule is Cc1ccc(OC(F)F)nc1. The molecule has 0 atom stereocenters. The standard InChI is InChI=1S/C7H7F2NO/c1-5-2-3-6(10-4-5)11-7(8)9/h2-4,7H,1H3. The summed E-state index contributed by atoms with van der Waals surface area (Å²) in [7, 11) is 0. The molecule has 60 valence electrons. The molecule has 0 aromatic carbocycles. The Labute approximate surface area is 62.8 Å². The Morgan fingerprint density at radius 3 is 2.64 bits per heavy atom. The van der Waals surface area contributed by atoms with Crippen LogP contribution in [-0.4, -0.2) is 11.6 Å². The van der Waals surface area contributed by atoms with E-state index in [0.29, 0.717) is 0 Å². The molecule has 0 bridgehead atoms. The normalized spacial score (nSPS) is 10.2. The third-order valence-electron chi connectivity index (χ3n) is 1.09. The summed E-state index contributed by atoms with van der Waals surface area (Å²) in [5.74, 6) is -0.0504.